The van der Waals surface area contributed by atoms with Gasteiger partial charge in [-0.25, -0.2) is 0 Å². The maximum absolute atomic E-state index is 12.7. The molecule has 6 nitrogen and oxygen atoms in total. The Morgan fingerprint density at radius 2 is 1.69 bits per heavy atom. The average Bonchev–Trinajstić information content (AvgIpc) is 2.98. The van der Waals surface area contributed by atoms with Crippen LogP contribution in [-0.4, -0.2) is 28.7 Å². The SMILES string of the molecule is C=C1CCC(N2C(=O)C=C(Nc3ccc(Cc4ccccc4)cc3)C2=O)C(=O)N1. The highest BCUT2D eigenvalue weighted by Crippen LogP contribution is 2.24. The summed E-state index contributed by atoms with van der Waals surface area (Å²) in [6.45, 7) is 3.72. The van der Waals surface area contributed by atoms with Gasteiger partial charge in [-0.2, -0.15) is 0 Å². The largest absolute Gasteiger partial charge is 0.351 e. The number of carbonyl (C=O) groups is 3. The van der Waals surface area contributed by atoms with Gasteiger partial charge in [0.2, 0.25) is 5.91 Å². The van der Waals surface area contributed by atoms with E-state index in [9.17, 15) is 14.4 Å². The topological polar surface area (TPSA) is 78.5 Å². The van der Waals surface area contributed by atoms with Crippen molar-refractivity contribution >= 4 is 23.4 Å². The highest BCUT2D eigenvalue weighted by atomic mass is 16.2. The minimum Gasteiger partial charge on any atom is -0.351 e. The molecule has 2 aromatic rings. The van der Waals surface area contributed by atoms with Crippen molar-refractivity contribution < 1.29 is 14.4 Å². The molecule has 0 radical (unpaired) electrons. The first-order valence-corrected chi connectivity index (χ1v) is 9.49. The number of nitrogens with one attached hydrogen (secondary N) is 2. The fourth-order valence-corrected chi connectivity index (χ4v) is 3.57. The molecule has 6 heteroatoms. The van der Waals surface area contributed by atoms with Gasteiger partial charge >= 0.3 is 0 Å². The number of piperidine rings is 1. The van der Waals surface area contributed by atoms with Crippen molar-refractivity contribution in [1.82, 2.24) is 10.2 Å². The standard InChI is InChI=1S/C23H21N3O3/c1-15-7-12-20(22(28)24-15)26-21(27)14-19(23(26)29)25-18-10-8-17(9-11-18)13-16-5-3-2-4-6-16/h2-6,8-11,14,20,25H,1,7,12-13H2,(H,24,28). The Labute approximate surface area is 168 Å². The first-order chi connectivity index (χ1) is 14.0. The summed E-state index contributed by atoms with van der Waals surface area (Å²) >= 11 is 0. The molecule has 2 aliphatic rings. The van der Waals surface area contributed by atoms with Crippen molar-refractivity contribution in [3.05, 3.63) is 89.8 Å². The van der Waals surface area contributed by atoms with Crippen LogP contribution in [0.3, 0.4) is 0 Å². The van der Waals surface area contributed by atoms with Crippen molar-refractivity contribution in [2.24, 2.45) is 0 Å². The van der Waals surface area contributed by atoms with Gasteiger partial charge in [-0.15, -0.1) is 0 Å². The highest BCUT2D eigenvalue weighted by molar-refractivity contribution is 6.19. The molecule has 0 aliphatic carbocycles. The first-order valence-electron chi connectivity index (χ1n) is 9.49. The molecule has 0 spiro atoms. The van der Waals surface area contributed by atoms with E-state index < -0.39 is 17.9 Å². The highest BCUT2D eigenvalue weighted by Gasteiger charge is 2.41. The molecule has 3 amide bonds. The Balaban J connectivity index is 1.42. The lowest BCUT2D eigenvalue weighted by Crippen LogP contribution is -2.52. The molecule has 2 heterocycles. The van der Waals surface area contributed by atoms with Crippen molar-refractivity contribution in [3.63, 3.8) is 0 Å². The van der Waals surface area contributed by atoms with Crippen molar-refractivity contribution in [3.8, 4) is 0 Å². The van der Waals surface area contributed by atoms with E-state index >= 15 is 0 Å². The molecule has 0 aromatic heterocycles. The van der Waals surface area contributed by atoms with E-state index in [4.69, 9.17) is 0 Å². The summed E-state index contributed by atoms with van der Waals surface area (Å²) in [5, 5.41) is 5.62. The van der Waals surface area contributed by atoms with Gasteiger partial charge in [0.25, 0.3) is 11.8 Å². The predicted octanol–water partition coefficient (Wildman–Crippen LogP) is 2.73. The minimum atomic E-state index is -0.802. The monoisotopic (exact) mass is 387 g/mol. The number of nitrogens with zero attached hydrogens (tertiary/aromatic N) is 1. The zero-order valence-electron chi connectivity index (χ0n) is 15.9. The third kappa shape index (κ3) is 3.96. The van der Waals surface area contributed by atoms with Crippen LogP contribution in [0.15, 0.2) is 78.6 Å². The lowest BCUT2D eigenvalue weighted by atomic mass is 10.0. The normalized spacial score (nSPS) is 19.2. The van der Waals surface area contributed by atoms with Crippen LogP contribution in [0.1, 0.15) is 24.0 Å². The maximum Gasteiger partial charge on any atom is 0.278 e. The summed E-state index contributed by atoms with van der Waals surface area (Å²) in [4.78, 5) is 38.3. The number of allylic oxidation sites excluding steroid dienone is 1. The van der Waals surface area contributed by atoms with E-state index in [2.05, 4.69) is 29.3 Å². The van der Waals surface area contributed by atoms with E-state index in [1.807, 2.05) is 42.5 Å². The zero-order chi connectivity index (χ0) is 20.4. The fraction of sp³-hybridized carbons (Fsp3) is 0.174. The molecular formula is C23H21N3O3. The summed E-state index contributed by atoms with van der Waals surface area (Å²) in [7, 11) is 0. The number of benzene rings is 2. The van der Waals surface area contributed by atoms with Gasteiger partial charge in [0.05, 0.1) is 0 Å². The number of anilines is 1. The molecule has 1 fully saturated rings. The number of rotatable bonds is 5. The van der Waals surface area contributed by atoms with Crippen LogP contribution in [0.2, 0.25) is 0 Å². The molecule has 2 aliphatic heterocycles. The molecule has 0 bridgehead atoms. The van der Waals surface area contributed by atoms with Crippen LogP contribution in [0.5, 0.6) is 0 Å². The summed E-state index contributed by atoms with van der Waals surface area (Å²) in [5.74, 6) is -1.34. The first kappa shape index (κ1) is 18.7. The van der Waals surface area contributed by atoms with Crippen LogP contribution >= 0.6 is 0 Å². The van der Waals surface area contributed by atoms with Gasteiger partial charge < -0.3 is 10.6 Å². The quantitative estimate of drug-likeness (QED) is 0.774. The third-order valence-corrected chi connectivity index (χ3v) is 5.07. The smallest absolute Gasteiger partial charge is 0.278 e. The van der Waals surface area contributed by atoms with Crippen LogP contribution in [-0.2, 0) is 20.8 Å². The molecule has 1 unspecified atom stereocenters. The number of hydrogen-bond acceptors (Lipinski definition) is 4. The van der Waals surface area contributed by atoms with Gasteiger partial charge in [-0.05, 0) is 42.5 Å². The van der Waals surface area contributed by atoms with Crippen LogP contribution in [0.25, 0.3) is 0 Å². The number of amides is 3. The molecule has 1 saturated heterocycles. The predicted molar refractivity (Wildman–Crippen MR) is 110 cm³/mol. The Morgan fingerprint density at radius 1 is 1.00 bits per heavy atom. The summed E-state index contributed by atoms with van der Waals surface area (Å²) in [6, 6.07) is 17.1. The molecule has 146 valence electrons. The van der Waals surface area contributed by atoms with E-state index in [0.717, 1.165) is 16.9 Å². The van der Waals surface area contributed by atoms with Crippen molar-refractivity contribution in [1.29, 1.82) is 0 Å². The number of carbonyl (C=O) groups excluding carboxylic acids is 3. The molecule has 2 N–H and O–H groups in total. The second-order valence-electron chi connectivity index (χ2n) is 7.20. The number of imide groups is 1. The second kappa shape index (κ2) is 7.75. The zero-order valence-corrected chi connectivity index (χ0v) is 15.9. The summed E-state index contributed by atoms with van der Waals surface area (Å²) in [6.07, 6.45) is 2.99. The van der Waals surface area contributed by atoms with Gasteiger partial charge in [0.1, 0.15) is 11.7 Å². The van der Waals surface area contributed by atoms with Gasteiger partial charge in [-0.3, -0.25) is 19.3 Å². The lowest BCUT2D eigenvalue weighted by Gasteiger charge is -2.29. The molecule has 0 saturated carbocycles. The third-order valence-electron chi connectivity index (χ3n) is 5.07. The summed E-state index contributed by atoms with van der Waals surface area (Å²) in [5.41, 5.74) is 3.84. The summed E-state index contributed by atoms with van der Waals surface area (Å²) < 4.78 is 0. The van der Waals surface area contributed by atoms with Crippen LogP contribution in [0.4, 0.5) is 5.69 Å². The van der Waals surface area contributed by atoms with E-state index in [-0.39, 0.29) is 11.6 Å². The Bertz CT molecular complexity index is 1010. The van der Waals surface area contributed by atoms with Gasteiger partial charge in [0.15, 0.2) is 0 Å². The van der Waals surface area contributed by atoms with Crippen LogP contribution in [0, 0.1) is 0 Å². The fourth-order valence-electron chi connectivity index (χ4n) is 3.57. The second-order valence-corrected chi connectivity index (χ2v) is 7.20. The lowest BCUT2D eigenvalue weighted by molar-refractivity contribution is -0.146. The maximum atomic E-state index is 12.7. The Hall–Kier alpha value is -3.67. The molecular weight excluding hydrogens is 366 g/mol. The molecule has 2 aromatic carbocycles. The van der Waals surface area contributed by atoms with Crippen molar-refractivity contribution in [2.75, 3.05) is 5.32 Å². The molecule has 1 atom stereocenters. The van der Waals surface area contributed by atoms with E-state index in [1.54, 1.807) is 0 Å². The van der Waals surface area contributed by atoms with Crippen LogP contribution < -0.4 is 10.6 Å². The Kier molecular flexibility index (Phi) is 4.99. The van der Waals surface area contributed by atoms with Crippen molar-refractivity contribution in [2.45, 2.75) is 25.3 Å². The van der Waals surface area contributed by atoms with E-state index in [1.165, 1.54) is 11.6 Å². The van der Waals surface area contributed by atoms with Gasteiger partial charge in [0, 0.05) is 17.5 Å². The van der Waals surface area contributed by atoms with Gasteiger partial charge in [-0.1, -0.05) is 49.0 Å². The molecule has 4 rings (SSSR count). The van der Waals surface area contributed by atoms with E-state index in [0.29, 0.717) is 24.2 Å². The Morgan fingerprint density at radius 3 is 2.38 bits per heavy atom. The average molecular weight is 387 g/mol. The number of hydrogen-bond donors (Lipinski definition) is 2. The molecule has 29 heavy (non-hydrogen) atoms. The minimum absolute atomic E-state index is 0.169.